The summed E-state index contributed by atoms with van der Waals surface area (Å²) in [5.74, 6) is 0. The summed E-state index contributed by atoms with van der Waals surface area (Å²) in [5, 5.41) is 5.76. The van der Waals surface area contributed by atoms with E-state index in [2.05, 4.69) is 64.2 Å². The lowest BCUT2D eigenvalue weighted by Crippen LogP contribution is -1.96. The molecule has 0 saturated carbocycles. The van der Waals surface area contributed by atoms with Crippen LogP contribution in [0.5, 0.6) is 0 Å². The molecule has 2 aromatic rings. The number of benzene rings is 2. The number of hydrogen-bond donors (Lipinski definition) is 1. The standard InChI is InChI=1S/C13H12BrN/c1-2-7-15-13-6-4-10-8-12(14)5-3-11(10)9-13/h2-6,8-9,15H,1,7H2. The van der Waals surface area contributed by atoms with Gasteiger partial charge >= 0.3 is 0 Å². The van der Waals surface area contributed by atoms with E-state index in [9.17, 15) is 0 Å². The predicted molar refractivity (Wildman–Crippen MR) is 70.3 cm³/mol. The molecule has 0 fully saturated rings. The first-order valence-electron chi connectivity index (χ1n) is 4.84. The zero-order valence-electron chi connectivity index (χ0n) is 8.33. The Hall–Kier alpha value is -1.28. The van der Waals surface area contributed by atoms with Crippen LogP contribution in [0.15, 0.2) is 53.5 Å². The minimum absolute atomic E-state index is 0.794. The molecule has 1 N–H and O–H groups in total. The van der Waals surface area contributed by atoms with Crippen molar-refractivity contribution in [3.05, 3.63) is 53.5 Å². The van der Waals surface area contributed by atoms with Crippen molar-refractivity contribution >= 4 is 32.4 Å². The summed E-state index contributed by atoms with van der Waals surface area (Å²) in [4.78, 5) is 0. The van der Waals surface area contributed by atoms with Crippen molar-refractivity contribution in [2.45, 2.75) is 0 Å². The van der Waals surface area contributed by atoms with E-state index in [1.54, 1.807) is 0 Å². The second kappa shape index (κ2) is 4.49. The van der Waals surface area contributed by atoms with Crippen LogP contribution in [0.1, 0.15) is 0 Å². The van der Waals surface area contributed by atoms with E-state index in [1.807, 2.05) is 6.08 Å². The second-order valence-electron chi connectivity index (χ2n) is 3.38. The summed E-state index contributed by atoms with van der Waals surface area (Å²) in [6, 6.07) is 12.6. The van der Waals surface area contributed by atoms with Crippen molar-refractivity contribution in [1.29, 1.82) is 0 Å². The lowest BCUT2D eigenvalue weighted by atomic mass is 10.1. The first-order valence-corrected chi connectivity index (χ1v) is 5.63. The zero-order chi connectivity index (χ0) is 10.7. The van der Waals surface area contributed by atoms with Gasteiger partial charge in [-0.1, -0.05) is 34.1 Å². The monoisotopic (exact) mass is 261 g/mol. The van der Waals surface area contributed by atoms with Gasteiger partial charge in [-0.3, -0.25) is 0 Å². The van der Waals surface area contributed by atoms with Crippen LogP contribution in [0.3, 0.4) is 0 Å². The Bertz CT molecular complexity index is 491. The first-order chi connectivity index (χ1) is 7.29. The number of fused-ring (bicyclic) bond motifs is 1. The van der Waals surface area contributed by atoms with E-state index in [4.69, 9.17) is 0 Å². The molecule has 2 heteroatoms. The third-order valence-corrected chi connectivity index (χ3v) is 2.75. The van der Waals surface area contributed by atoms with Gasteiger partial charge in [-0.2, -0.15) is 0 Å². The number of nitrogens with one attached hydrogen (secondary N) is 1. The molecule has 2 aromatic carbocycles. The largest absolute Gasteiger partial charge is 0.382 e. The highest BCUT2D eigenvalue weighted by atomic mass is 79.9. The van der Waals surface area contributed by atoms with Crippen molar-refractivity contribution in [2.24, 2.45) is 0 Å². The van der Waals surface area contributed by atoms with Gasteiger partial charge in [0, 0.05) is 16.7 Å². The molecule has 0 amide bonds. The van der Waals surface area contributed by atoms with Crippen LogP contribution in [0, 0.1) is 0 Å². The van der Waals surface area contributed by atoms with Gasteiger partial charge in [0.2, 0.25) is 0 Å². The quantitative estimate of drug-likeness (QED) is 0.817. The SMILES string of the molecule is C=CCNc1ccc2cc(Br)ccc2c1. The van der Waals surface area contributed by atoms with Gasteiger partial charge in [0.15, 0.2) is 0 Å². The molecular formula is C13H12BrN. The van der Waals surface area contributed by atoms with Gasteiger partial charge in [-0.05, 0) is 35.0 Å². The summed E-state index contributed by atoms with van der Waals surface area (Å²) >= 11 is 3.46. The van der Waals surface area contributed by atoms with Gasteiger partial charge in [-0.15, -0.1) is 6.58 Å². The van der Waals surface area contributed by atoms with Crippen LogP contribution in [0.2, 0.25) is 0 Å². The fourth-order valence-corrected chi connectivity index (χ4v) is 1.90. The van der Waals surface area contributed by atoms with E-state index in [-0.39, 0.29) is 0 Å². The van der Waals surface area contributed by atoms with Crippen molar-refractivity contribution < 1.29 is 0 Å². The van der Waals surface area contributed by atoms with Gasteiger partial charge in [0.05, 0.1) is 0 Å². The van der Waals surface area contributed by atoms with E-state index in [0.717, 1.165) is 16.7 Å². The van der Waals surface area contributed by atoms with Crippen LogP contribution in [-0.4, -0.2) is 6.54 Å². The minimum Gasteiger partial charge on any atom is -0.382 e. The average molecular weight is 262 g/mol. The molecule has 0 saturated heterocycles. The fraction of sp³-hybridized carbons (Fsp3) is 0.0769. The molecule has 0 aromatic heterocycles. The number of rotatable bonds is 3. The van der Waals surface area contributed by atoms with E-state index in [0.29, 0.717) is 0 Å². The average Bonchev–Trinajstić information content (AvgIpc) is 2.26. The summed E-state index contributed by atoms with van der Waals surface area (Å²) in [6.45, 7) is 4.47. The van der Waals surface area contributed by atoms with Crippen LogP contribution in [-0.2, 0) is 0 Å². The zero-order valence-corrected chi connectivity index (χ0v) is 9.92. The third kappa shape index (κ3) is 2.39. The molecule has 1 nitrogen and oxygen atoms in total. The van der Waals surface area contributed by atoms with Crippen molar-refractivity contribution in [3.63, 3.8) is 0 Å². The van der Waals surface area contributed by atoms with Crippen molar-refractivity contribution in [1.82, 2.24) is 0 Å². The Kier molecular flexibility index (Phi) is 3.07. The Morgan fingerprint density at radius 3 is 2.67 bits per heavy atom. The van der Waals surface area contributed by atoms with E-state index >= 15 is 0 Å². The Morgan fingerprint density at radius 1 is 1.13 bits per heavy atom. The highest BCUT2D eigenvalue weighted by molar-refractivity contribution is 9.10. The minimum atomic E-state index is 0.794. The smallest absolute Gasteiger partial charge is 0.0349 e. The van der Waals surface area contributed by atoms with Crippen molar-refractivity contribution in [2.75, 3.05) is 11.9 Å². The molecule has 0 spiro atoms. The normalized spacial score (nSPS) is 10.2. The molecule has 0 unspecified atom stereocenters. The maximum absolute atomic E-state index is 3.68. The lowest BCUT2D eigenvalue weighted by Gasteiger charge is -2.05. The van der Waals surface area contributed by atoms with E-state index < -0.39 is 0 Å². The third-order valence-electron chi connectivity index (χ3n) is 2.25. The predicted octanol–water partition coefficient (Wildman–Crippen LogP) is 4.20. The molecule has 0 radical (unpaired) electrons. The molecule has 0 bridgehead atoms. The molecule has 76 valence electrons. The van der Waals surface area contributed by atoms with Gasteiger partial charge in [0.25, 0.3) is 0 Å². The highest BCUT2D eigenvalue weighted by Gasteiger charge is 1.96. The summed E-state index contributed by atoms with van der Waals surface area (Å²) < 4.78 is 1.11. The second-order valence-corrected chi connectivity index (χ2v) is 4.29. The molecular weight excluding hydrogens is 250 g/mol. The summed E-state index contributed by atoms with van der Waals surface area (Å²) in [6.07, 6.45) is 1.85. The first kappa shape index (κ1) is 10.2. The fourth-order valence-electron chi connectivity index (χ4n) is 1.52. The Labute approximate surface area is 97.9 Å². The summed E-state index contributed by atoms with van der Waals surface area (Å²) in [7, 11) is 0. The maximum Gasteiger partial charge on any atom is 0.0349 e. The molecule has 0 atom stereocenters. The number of anilines is 1. The molecule has 0 aliphatic carbocycles. The Balaban J connectivity index is 2.38. The van der Waals surface area contributed by atoms with Crippen LogP contribution in [0.25, 0.3) is 10.8 Å². The van der Waals surface area contributed by atoms with Crippen LogP contribution >= 0.6 is 15.9 Å². The Morgan fingerprint density at radius 2 is 1.87 bits per heavy atom. The van der Waals surface area contributed by atoms with Crippen LogP contribution in [0.4, 0.5) is 5.69 Å². The van der Waals surface area contributed by atoms with Crippen LogP contribution < -0.4 is 5.32 Å². The molecule has 0 aliphatic rings. The van der Waals surface area contributed by atoms with Gasteiger partial charge in [0.1, 0.15) is 0 Å². The number of hydrogen-bond acceptors (Lipinski definition) is 1. The molecule has 0 aliphatic heterocycles. The topological polar surface area (TPSA) is 12.0 Å². The van der Waals surface area contributed by atoms with Gasteiger partial charge < -0.3 is 5.32 Å². The number of halogens is 1. The molecule has 2 rings (SSSR count). The van der Waals surface area contributed by atoms with Gasteiger partial charge in [-0.25, -0.2) is 0 Å². The highest BCUT2D eigenvalue weighted by Crippen LogP contribution is 2.22. The van der Waals surface area contributed by atoms with E-state index in [1.165, 1.54) is 10.8 Å². The lowest BCUT2D eigenvalue weighted by molar-refractivity contribution is 1.35. The maximum atomic E-state index is 3.68. The molecule has 15 heavy (non-hydrogen) atoms. The summed E-state index contributed by atoms with van der Waals surface area (Å²) in [5.41, 5.74) is 1.13. The van der Waals surface area contributed by atoms with Crippen molar-refractivity contribution in [3.8, 4) is 0 Å². The molecule has 0 heterocycles.